The molecule has 0 aliphatic rings. The van der Waals surface area contributed by atoms with E-state index < -0.39 is 9.84 Å². The molecule has 0 amide bonds. The summed E-state index contributed by atoms with van der Waals surface area (Å²) in [5.74, 6) is 0. The molecule has 0 unspecified atom stereocenters. The van der Waals surface area contributed by atoms with Crippen molar-refractivity contribution in [2.75, 3.05) is 0 Å². The first kappa shape index (κ1) is 12.7. The molecule has 0 aromatic carbocycles. The molecule has 0 radical (unpaired) electrons. The van der Waals surface area contributed by atoms with Gasteiger partial charge < -0.3 is 0 Å². The molecule has 1 aromatic rings. The Kier molecular flexibility index (Phi) is 5.66. The van der Waals surface area contributed by atoms with Crippen molar-refractivity contribution in [1.82, 2.24) is 15.4 Å². The minimum absolute atomic E-state index is 0.370. The van der Waals surface area contributed by atoms with E-state index in [0.29, 0.717) is 5.15 Å². The quantitative estimate of drug-likeness (QED) is 0.768. The summed E-state index contributed by atoms with van der Waals surface area (Å²) in [7, 11) is -3.13. The second kappa shape index (κ2) is 6.22. The number of rotatable bonds is 2. The van der Waals surface area contributed by atoms with Gasteiger partial charge in [-0.15, -0.1) is 10.2 Å². The van der Waals surface area contributed by atoms with Gasteiger partial charge in [0.15, 0.2) is 15.0 Å². The van der Waals surface area contributed by atoms with Crippen LogP contribution in [0, 0.1) is 0 Å². The zero-order chi connectivity index (χ0) is 11.0. The number of hydrogen-bond donors (Lipinski definition) is 0. The van der Waals surface area contributed by atoms with Gasteiger partial charge in [-0.2, -0.15) is 0 Å². The van der Waals surface area contributed by atoms with E-state index in [4.69, 9.17) is 11.6 Å². The molecule has 1 rings (SSSR count). The van der Waals surface area contributed by atoms with Crippen LogP contribution < -0.4 is 0 Å². The van der Waals surface area contributed by atoms with Crippen LogP contribution in [0.2, 0.25) is 5.15 Å². The maximum Gasteiger partial charge on any atom is 0.191 e. The summed E-state index contributed by atoms with van der Waals surface area (Å²) in [5, 5.41) is 12.1. The summed E-state index contributed by atoms with van der Waals surface area (Å²) in [6, 6.07) is 1.56. The molecular formula is C7H8ClN3O2S. The fraction of sp³-hybridized carbons (Fsp3) is 0. The van der Waals surface area contributed by atoms with Crippen molar-refractivity contribution in [2.45, 2.75) is 0 Å². The molecule has 14 heavy (non-hydrogen) atoms. The van der Waals surface area contributed by atoms with Gasteiger partial charge in [0.1, 0.15) is 0 Å². The summed E-state index contributed by atoms with van der Waals surface area (Å²) < 4.78 is 20.3. The molecule has 0 aliphatic carbocycles. The minimum Gasteiger partial charge on any atom is -0.220 e. The van der Waals surface area contributed by atoms with Crippen LogP contribution in [-0.4, -0.2) is 23.8 Å². The molecule has 0 fully saturated rings. The third-order valence-corrected chi connectivity index (χ3v) is 2.07. The second-order valence-electron chi connectivity index (χ2n) is 1.87. The number of nitrogens with zero attached hydrogens (tertiary/aromatic N) is 3. The highest BCUT2D eigenvalue weighted by Crippen LogP contribution is 1.94. The van der Waals surface area contributed by atoms with Crippen LogP contribution in [0.4, 0.5) is 0 Å². The largest absolute Gasteiger partial charge is 0.220 e. The Morgan fingerprint density at radius 1 is 1.36 bits per heavy atom. The lowest BCUT2D eigenvalue weighted by Gasteiger charge is -1.78. The maximum atomic E-state index is 10.1. The highest BCUT2D eigenvalue weighted by molar-refractivity contribution is 7.97. The number of hydrogen-bond acceptors (Lipinski definition) is 5. The van der Waals surface area contributed by atoms with Crippen LogP contribution in [0.15, 0.2) is 36.2 Å². The topological polar surface area (TPSA) is 72.8 Å². The Morgan fingerprint density at radius 3 is 2.07 bits per heavy atom. The van der Waals surface area contributed by atoms with Crippen LogP contribution in [0.5, 0.6) is 0 Å². The number of sulfone groups is 1. The Morgan fingerprint density at radius 2 is 1.93 bits per heavy atom. The van der Waals surface area contributed by atoms with Crippen molar-refractivity contribution < 1.29 is 8.42 Å². The van der Waals surface area contributed by atoms with Crippen LogP contribution in [-0.2, 0) is 9.84 Å². The van der Waals surface area contributed by atoms with Gasteiger partial charge in [-0.3, -0.25) is 0 Å². The van der Waals surface area contributed by atoms with Crippen molar-refractivity contribution >= 4 is 21.4 Å². The van der Waals surface area contributed by atoms with Crippen molar-refractivity contribution in [3.05, 3.63) is 41.4 Å². The van der Waals surface area contributed by atoms with Gasteiger partial charge in [0.05, 0.1) is 6.20 Å². The Bertz CT molecular complexity index is 377. The van der Waals surface area contributed by atoms with Crippen LogP contribution in [0.1, 0.15) is 0 Å². The third kappa shape index (κ3) is 6.27. The van der Waals surface area contributed by atoms with Gasteiger partial charge in [0, 0.05) is 10.8 Å². The van der Waals surface area contributed by atoms with Gasteiger partial charge in [-0.05, 0) is 11.3 Å². The lowest BCUT2D eigenvalue weighted by molar-refractivity contribution is 0.613. The first-order valence-corrected chi connectivity index (χ1v) is 5.30. The van der Waals surface area contributed by atoms with Crippen LogP contribution in [0.3, 0.4) is 0 Å². The molecule has 0 N–H and O–H groups in total. The first-order chi connectivity index (χ1) is 6.52. The third-order valence-electron chi connectivity index (χ3n) is 0.935. The molecule has 7 heteroatoms. The Hall–Kier alpha value is -1.27. The van der Waals surface area contributed by atoms with E-state index in [1.54, 1.807) is 6.07 Å². The molecule has 0 bridgehead atoms. The van der Waals surface area contributed by atoms with E-state index >= 15 is 0 Å². The molecule has 0 spiro atoms. The van der Waals surface area contributed by atoms with Crippen molar-refractivity contribution in [2.24, 2.45) is 0 Å². The van der Waals surface area contributed by atoms with Crippen molar-refractivity contribution in [1.29, 1.82) is 0 Å². The van der Waals surface area contributed by atoms with E-state index in [1.165, 1.54) is 6.20 Å². The summed E-state index contributed by atoms with van der Waals surface area (Å²) in [5.41, 5.74) is 0. The Balaban J connectivity index is 0.000000241. The molecule has 0 saturated carbocycles. The molecule has 1 heterocycles. The Labute approximate surface area is 87.0 Å². The lowest BCUT2D eigenvalue weighted by Crippen LogP contribution is -1.83. The molecule has 0 aliphatic heterocycles. The molecule has 5 nitrogen and oxygen atoms in total. The summed E-state index contributed by atoms with van der Waals surface area (Å²) in [4.78, 5) is 0. The lowest BCUT2D eigenvalue weighted by atomic mass is 10.7. The number of halogens is 1. The normalized spacial score (nSPS) is 9.50. The van der Waals surface area contributed by atoms with E-state index in [1.807, 2.05) is 0 Å². The number of aromatic nitrogens is 3. The zero-order valence-corrected chi connectivity index (χ0v) is 8.74. The molecular weight excluding hydrogens is 226 g/mol. The average Bonchev–Trinajstić information content (AvgIpc) is 2.20. The van der Waals surface area contributed by atoms with Crippen molar-refractivity contribution in [3.8, 4) is 0 Å². The fourth-order valence-electron chi connectivity index (χ4n) is 0.295. The predicted molar refractivity (Wildman–Crippen MR) is 54.2 cm³/mol. The van der Waals surface area contributed by atoms with E-state index in [-0.39, 0.29) is 0 Å². The standard InChI is InChI=1S/C4H6O2S.C3H2ClN3/c1-3-7(5,6)4-2;4-3-1-2-5-7-6-3/h3-4H,1-2H2;1-2H. The van der Waals surface area contributed by atoms with E-state index in [2.05, 4.69) is 28.6 Å². The SMILES string of the molecule is C=CS(=O)(=O)C=C.Clc1ccnnn1. The molecule has 0 atom stereocenters. The van der Waals surface area contributed by atoms with Crippen molar-refractivity contribution in [3.63, 3.8) is 0 Å². The van der Waals surface area contributed by atoms with Crippen LogP contribution >= 0.6 is 11.6 Å². The average molecular weight is 234 g/mol. The predicted octanol–water partition coefficient (Wildman–Crippen LogP) is 1.21. The summed E-state index contributed by atoms with van der Waals surface area (Å²) >= 11 is 5.33. The monoisotopic (exact) mass is 233 g/mol. The van der Waals surface area contributed by atoms with Gasteiger partial charge in [-0.1, -0.05) is 24.8 Å². The minimum atomic E-state index is -3.13. The van der Waals surface area contributed by atoms with Crippen LogP contribution in [0.25, 0.3) is 0 Å². The summed E-state index contributed by atoms with van der Waals surface area (Å²) in [6.07, 6.45) is 1.48. The molecule has 0 saturated heterocycles. The highest BCUT2D eigenvalue weighted by Gasteiger charge is 1.90. The first-order valence-electron chi connectivity index (χ1n) is 3.31. The summed E-state index contributed by atoms with van der Waals surface area (Å²) in [6.45, 7) is 6.09. The smallest absolute Gasteiger partial charge is 0.191 e. The zero-order valence-electron chi connectivity index (χ0n) is 7.17. The second-order valence-corrected chi connectivity index (χ2v) is 4.10. The van der Waals surface area contributed by atoms with Gasteiger partial charge in [0.2, 0.25) is 0 Å². The van der Waals surface area contributed by atoms with E-state index in [9.17, 15) is 8.42 Å². The maximum absolute atomic E-state index is 10.1. The van der Waals surface area contributed by atoms with Gasteiger partial charge in [0.25, 0.3) is 0 Å². The van der Waals surface area contributed by atoms with Gasteiger partial charge >= 0.3 is 0 Å². The molecule has 76 valence electrons. The van der Waals surface area contributed by atoms with E-state index in [0.717, 1.165) is 10.8 Å². The molecule has 1 aromatic heterocycles. The highest BCUT2D eigenvalue weighted by atomic mass is 35.5. The van der Waals surface area contributed by atoms with Gasteiger partial charge in [-0.25, -0.2) is 8.42 Å². The fourth-order valence-corrected chi connectivity index (χ4v) is 0.521.